The average molecular weight is 307 g/mol. The maximum Gasteiger partial charge on any atom is 0.258 e. The summed E-state index contributed by atoms with van der Waals surface area (Å²) in [6.07, 6.45) is 5.08. The molecule has 1 amide bonds. The largest absolute Gasteiger partial charge is 0.399 e. The molecule has 4 nitrogen and oxygen atoms in total. The first kappa shape index (κ1) is 14.1. The molecule has 118 valence electrons. The zero-order valence-corrected chi connectivity index (χ0v) is 13.1. The Kier molecular flexibility index (Phi) is 3.45. The first-order valence-electron chi connectivity index (χ1n) is 8.27. The van der Waals surface area contributed by atoms with E-state index in [2.05, 4.69) is 17.4 Å². The summed E-state index contributed by atoms with van der Waals surface area (Å²) in [5.41, 5.74) is 10.3. The molecule has 0 spiro atoms. The van der Waals surface area contributed by atoms with Crippen LogP contribution in [0.15, 0.2) is 42.5 Å². The number of nitrogens with zero attached hydrogens (tertiary/aromatic N) is 1. The number of nitrogen functional groups attached to an aromatic ring is 1. The Labute approximate surface area is 136 Å². The van der Waals surface area contributed by atoms with Gasteiger partial charge >= 0.3 is 0 Å². The van der Waals surface area contributed by atoms with Gasteiger partial charge in [0.25, 0.3) is 5.91 Å². The molecular weight excluding hydrogens is 286 g/mol. The van der Waals surface area contributed by atoms with E-state index >= 15 is 0 Å². The van der Waals surface area contributed by atoms with Crippen molar-refractivity contribution in [1.29, 1.82) is 0 Å². The van der Waals surface area contributed by atoms with Crippen LogP contribution in [0.1, 0.15) is 41.6 Å². The van der Waals surface area contributed by atoms with Crippen LogP contribution in [-0.4, -0.2) is 11.9 Å². The van der Waals surface area contributed by atoms with E-state index in [1.165, 1.54) is 25.7 Å². The summed E-state index contributed by atoms with van der Waals surface area (Å²) in [7, 11) is 0. The van der Waals surface area contributed by atoms with Crippen molar-refractivity contribution in [3.05, 3.63) is 53.6 Å². The highest BCUT2D eigenvalue weighted by Crippen LogP contribution is 2.31. The minimum atomic E-state index is 0.0537. The van der Waals surface area contributed by atoms with E-state index in [9.17, 15) is 4.79 Å². The zero-order valence-electron chi connectivity index (χ0n) is 13.1. The van der Waals surface area contributed by atoms with Gasteiger partial charge in [-0.3, -0.25) is 4.79 Å². The molecule has 4 rings (SSSR count). The second-order valence-electron chi connectivity index (χ2n) is 6.48. The Morgan fingerprint density at radius 1 is 1.09 bits per heavy atom. The first-order valence-corrected chi connectivity index (χ1v) is 8.27. The normalized spacial score (nSPS) is 17.6. The Balaban J connectivity index is 1.58. The number of benzene rings is 2. The predicted octanol–water partition coefficient (Wildman–Crippen LogP) is 3.78. The van der Waals surface area contributed by atoms with Gasteiger partial charge in [-0.05, 0) is 54.8 Å². The Hall–Kier alpha value is -2.49. The summed E-state index contributed by atoms with van der Waals surface area (Å²) in [6.45, 7) is 0.589. The lowest BCUT2D eigenvalue weighted by molar-refractivity contribution is 0.0996. The molecule has 2 aromatic carbocycles. The minimum absolute atomic E-state index is 0.0537. The molecule has 1 aliphatic heterocycles. The Bertz CT molecular complexity index is 750. The monoisotopic (exact) mass is 307 g/mol. The Morgan fingerprint density at radius 2 is 1.91 bits per heavy atom. The Morgan fingerprint density at radius 3 is 2.74 bits per heavy atom. The number of hydrogen-bond donors (Lipinski definition) is 2. The van der Waals surface area contributed by atoms with Crippen LogP contribution in [-0.2, 0) is 6.54 Å². The summed E-state index contributed by atoms with van der Waals surface area (Å²) in [5.74, 6) is 0.0537. The highest BCUT2D eigenvalue weighted by atomic mass is 16.2. The lowest BCUT2D eigenvalue weighted by Crippen LogP contribution is -2.23. The maximum absolute atomic E-state index is 12.6. The van der Waals surface area contributed by atoms with Crippen molar-refractivity contribution < 1.29 is 4.79 Å². The number of hydrogen-bond acceptors (Lipinski definition) is 3. The van der Waals surface area contributed by atoms with Crippen molar-refractivity contribution in [3.63, 3.8) is 0 Å². The van der Waals surface area contributed by atoms with Crippen molar-refractivity contribution in [2.24, 2.45) is 0 Å². The topological polar surface area (TPSA) is 58.4 Å². The molecule has 2 aliphatic rings. The van der Waals surface area contributed by atoms with Gasteiger partial charge in [-0.2, -0.15) is 0 Å². The number of nitrogens with one attached hydrogen (secondary N) is 1. The minimum Gasteiger partial charge on any atom is -0.399 e. The third kappa shape index (κ3) is 2.65. The zero-order chi connectivity index (χ0) is 15.8. The lowest BCUT2D eigenvalue weighted by Gasteiger charge is -2.19. The fourth-order valence-corrected chi connectivity index (χ4v) is 3.62. The van der Waals surface area contributed by atoms with Crippen LogP contribution >= 0.6 is 0 Å². The van der Waals surface area contributed by atoms with E-state index in [-0.39, 0.29) is 5.91 Å². The van der Waals surface area contributed by atoms with Gasteiger partial charge in [0.05, 0.1) is 6.54 Å². The van der Waals surface area contributed by atoms with Crippen molar-refractivity contribution in [3.8, 4) is 0 Å². The molecule has 0 unspecified atom stereocenters. The molecular formula is C19H21N3O. The molecule has 1 fully saturated rings. The number of amides is 1. The standard InChI is InChI=1S/C19H21N3O/c20-14-8-9-18-13(10-14)12-22(19(18)23)17-7-3-6-16(11-17)21-15-4-1-2-5-15/h3,6-11,15,21H,1-2,4-5,12,20H2. The fraction of sp³-hybridized carbons (Fsp3) is 0.316. The van der Waals surface area contributed by atoms with Gasteiger partial charge in [0.2, 0.25) is 0 Å². The summed E-state index contributed by atoms with van der Waals surface area (Å²) < 4.78 is 0. The van der Waals surface area contributed by atoms with Gasteiger partial charge in [0.15, 0.2) is 0 Å². The van der Waals surface area contributed by atoms with E-state index < -0.39 is 0 Å². The number of fused-ring (bicyclic) bond motifs is 1. The molecule has 0 saturated heterocycles. The van der Waals surface area contributed by atoms with Gasteiger partial charge in [0.1, 0.15) is 0 Å². The van der Waals surface area contributed by atoms with Crippen molar-refractivity contribution in [2.75, 3.05) is 16.0 Å². The summed E-state index contributed by atoms with van der Waals surface area (Å²) in [5, 5.41) is 3.59. The first-order chi connectivity index (χ1) is 11.2. The van der Waals surface area contributed by atoms with E-state index in [0.717, 1.165) is 22.5 Å². The van der Waals surface area contributed by atoms with E-state index in [1.807, 2.05) is 29.2 Å². The van der Waals surface area contributed by atoms with Gasteiger partial charge < -0.3 is 16.0 Å². The third-order valence-electron chi connectivity index (χ3n) is 4.82. The molecule has 0 radical (unpaired) electrons. The second-order valence-corrected chi connectivity index (χ2v) is 6.48. The molecule has 2 aromatic rings. The van der Waals surface area contributed by atoms with Crippen LogP contribution in [0.2, 0.25) is 0 Å². The molecule has 4 heteroatoms. The van der Waals surface area contributed by atoms with E-state index in [0.29, 0.717) is 18.3 Å². The average Bonchev–Trinajstić information content (AvgIpc) is 3.16. The molecule has 3 N–H and O–H groups in total. The quantitative estimate of drug-likeness (QED) is 0.848. The number of nitrogens with two attached hydrogens (primary N) is 1. The van der Waals surface area contributed by atoms with Crippen LogP contribution in [0.25, 0.3) is 0 Å². The van der Waals surface area contributed by atoms with Gasteiger partial charge in [-0.25, -0.2) is 0 Å². The van der Waals surface area contributed by atoms with Gasteiger partial charge in [-0.15, -0.1) is 0 Å². The molecule has 1 saturated carbocycles. The number of anilines is 3. The van der Waals surface area contributed by atoms with Gasteiger partial charge in [-0.1, -0.05) is 18.9 Å². The van der Waals surface area contributed by atoms with Crippen molar-refractivity contribution in [1.82, 2.24) is 0 Å². The van der Waals surface area contributed by atoms with Crippen molar-refractivity contribution >= 4 is 23.0 Å². The number of rotatable bonds is 3. The number of carbonyl (C=O) groups excluding carboxylic acids is 1. The van der Waals surface area contributed by atoms with Crippen LogP contribution in [0.5, 0.6) is 0 Å². The summed E-state index contributed by atoms with van der Waals surface area (Å²) >= 11 is 0. The van der Waals surface area contributed by atoms with E-state index in [4.69, 9.17) is 5.73 Å². The third-order valence-corrected chi connectivity index (χ3v) is 4.82. The second kappa shape index (κ2) is 5.61. The molecule has 1 heterocycles. The summed E-state index contributed by atoms with van der Waals surface area (Å²) in [6, 6.07) is 14.2. The lowest BCUT2D eigenvalue weighted by atomic mass is 10.1. The summed E-state index contributed by atoms with van der Waals surface area (Å²) in [4.78, 5) is 14.5. The SMILES string of the molecule is Nc1ccc2c(c1)CN(c1cccc(NC3CCCC3)c1)C2=O. The van der Waals surface area contributed by atoms with Crippen LogP contribution in [0, 0.1) is 0 Å². The van der Waals surface area contributed by atoms with Crippen LogP contribution in [0.3, 0.4) is 0 Å². The predicted molar refractivity (Wildman–Crippen MR) is 93.7 cm³/mol. The maximum atomic E-state index is 12.6. The molecule has 23 heavy (non-hydrogen) atoms. The molecule has 0 atom stereocenters. The number of carbonyl (C=O) groups is 1. The van der Waals surface area contributed by atoms with Crippen molar-refractivity contribution in [2.45, 2.75) is 38.3 Å². The molecule has 0 bridgehead atoms. The molecule has 0 aromatic heterocycles. The smallest absolute Gasteiger partial charge is 0.258 e. The van der Waals surface area contributed by atoms with E-state index in [1.54, 1.807) is 6.07 Å². The highest BCUT2D eigenvalue weighted by Gasteiger charge is 2.28. The van der Waals surface area contributed by atoms with Crippen LogP contribution < -0.4 is 16.0 Å². The van der Waals surface area contributed by atoms with Gasteiger partial charge in [0, 0.05) is 28.7 Å². The fourth-order valence-electron chi connectivity index (χ4n) is 3.62. The highest BCUT2D eigenvalue weighted by molar-refractivity contribution is 6.10. The molecule has 1 aliphatic carbocycles. The van der Waals surface area contributed by atoms with Crippen LogP contribution in [0.4, 0.5) is 17.1 Å².